The van der Waals surface area contributed by atoms with Crippen LogP contribution in [0, 0.1) is 17.8 Å². The van der Waals surface area contributed by atoms with Crippen molar-refractivity contribution in [3.8, 4) is 0 Å². The van der Waals surface area contributed by atoms with Crippen LogP contribution in [0.25, 0.3) is 0 Å². The molecule has 2 aliphatic rings. The van der Waals surface area contributed by atoms with E-state index in [2.05, 4.69) is 28.1 Å². The van der Waals surface area contributed by atoms with Crippen LogP contribution >= 0.6 is 15.9 Å². The fourth-order valence-electron chi connectivity index (χ4n) is 4.39. The number of aliphatic hydroxyl groups excluding tert-OH is 1. The third kappa shape index (κ3) is 2.95. The van der Waals surface area contributed by atoms with Crippen LogP contribution in [0.4, 0.5) is 0 Å². The Kier molecular flexibility index (Phi) is 4.49. The smallest absolute Gasteiger partial charge is 0.0623 e. The van der Waals surface area contributed by atoms with Crippen molar-refractivity contribution in [1.29, 1.82) is 0 Å². The van der Waals surface area contributed by atoms with E-state index < -0.39 is 0 Å². The highest BCUT2D eigenvalue weighted by molar-refractivity contribution is 9.10. The average Bonchev–Trinajstić information content (AvgIpc) is 3.02. The molecule has 2 saturated carbocycles. The lowest BCUT2D eigenvalue weighted by molar-refractivity contribution is 0.101. The average molecular weight is 338 g/mol. The van der Waals surface area contributed by atoms with E-state index in [9.17, 15) is 5.11 Å². The van der Waals surface area contributed by atoms with Gasteiger partial charge in [-0.1, -0.05) is 34.5 Å². The van der Waals surface area contributed by atoms with Crippen LogP contribution in [0.1, 0.15) is 43.6 Å². The summed E-state index contributed by atoms with van der Waals surface area (Å²) in [5.41, 5.74) is 7.08. The number of nitrogens with two attached hydrogens (primary N) is 1. The first-order valence-electron chi connectivity index (χ1n) is 7.81. The summed E-state index contributed by atoms with van der Waals surface area (Å²) in [5.74, 6) is 2.60. The number of rotatable bonds is 5. The SMILES string of the molecule is NCC(c1cccc(Br)c1)C(O)CC1CC2CCC1C2. The van der Waals surface area contributed by atoms with Crippen molar-refractivity contribution in [2.24, 2.45) is 23.5 Å². The zero-order valence-electron chi connectivity index (χ0n) is 11.8. The van der Waals surface area contributed by atoms with Crippen LogP contribution < -0.4 is 5.73 Å². The fraction of sp³-hybridized carbons (Fsp3) is 0.647. The van der Waals surface area contributed by atoms with Gasteiger partial charge in [-0.3, -0.25) is 0 Å². The van der Waals surface area contributed by atoms with Gasteiger partial charge in [0.2, 0.25) is 0 Å². The molecule has 3 heteroatoms. The number of benzene rings is 1. The van der Waals surface area contributed by atoms with E-state index in [0.717, 1.165) is 34.2 Å². The van der Waals surface area contributed by atoms with E-state index in [4.69, 9.17) is 5.73 Å². The lowest BCUT2D eigenvalue weighted by Gasteiger charge is -2.28. The number of hydrogen-bond donors (Lipinski definition) is 2. The Morgan fingerprint density at radius 1 is 1.30 bits per heavy atom. The van der Waals surface area contributed by atoms with Crippen LogP contribution in [0.2, 0.25) is 0 Å². The van der Waals surface area contributed by atoms with E-state index >= 15 is 0 Å². The van der Waals surface area contributed by atoms with E-state index in [0.29, 0.717) is 6.54 Å². The van der Waals surface area contributed by atoms with E-state index in [-0.39, 0.29) is 12.0 Å². The summed E-state index contributed by atoms with van der Waals surface area (Å²) in [6, 6.07) is 8.19. The molecule has 2 nitrogen and oxygen atoms in total. The van der Waals surface area contributed by atoms with Crippen molar-refractivity contribution >= 4 is 15.9 Å². The first-order chi connectivity index (χ1) is 9.67. The van der Waals surface area contributed by atoms with Crippen molar-refractivity contribution in [1.82, 2.24) is 0 Å². The van der Waals surface area contributed by atoms with Gasteiger partial charge in [-0.2, -0.15) is 0 Å². The summed E-state index contributed by atoms with van der Waals surface area (Å²) >= 11 is 3.50. The Balaban J connectivity index is 1.66. The molecule has 1 aromatic rings. The summed E-state index contributed by atoms with van der Waals surface area (Å²) in [6.07, 6.45) is 6.16. The van der Waals surface area contributed by atoms with Gasteiger partial charge in [-0.05, 0) is 61.1 Å². The Hall–Kier alpha value is -0.380. The van der Waals surface area contributed by atoms with Crippen molar-refractivity contribution in [3.63, 3.8) is 0 Å². The molecule has 0 amide bonds. The molecule has 2 bridgehead atoms. The van der Waals surface area contributed by atoms with Crippen LogP contribution in [0.15, 0.2) is 28.7 Å². The number of fused-ring (bicyclic) bond motifs is 2. The van der Waals surface area contributed by atoms with Gasteiger partial charge in [-0.25, -0.2) is 0 Å². The van der Waals surface area contributed by atoms with Crippen molar-refractivity contribution in [2.75, 3.05) is 6.54 Å². The van der Waals surface area contributed by atoms with Gasteiger partial charge in [0.05, 0.1) is 6.10 Å². The summed E-state index contributed by atoms with van der Waals surface area (Å²) < 4.78 is 1.06. The molecule has 0 radical (unpaired) electrons. The standard InChI is InChI=1S/C17H24BrNO/c18-15-3-1-2-13(8-15)16(10-19)17(20)9-14-7-11-4-5-12(14)6-11/h1-3,8,11-12,14,16-17,20H,4-7,9-10,19H2. The zero-order chi connectivity index (χ0) is 14.1. The van der Waals surface area contributed by atoms with Gasteiger partial charge < -0.3 is 10.8 Å². The Morgan fingerprint density at radius 2 is 2.15 bits per heavy atom. The van der Waals surface area contributed by atoms with E-state index in [1.165, 1.54) is 25.7 Å². The van der Waals surface area contributed by atoms with Crippen LogP contribution in [-0.2, 0) is 0 Å². The maximum absolute atomic E-state index is 10.6. The highest BCUT2D eigenvalue weighted by atomic mass is 79.9. The normalized spacial score (nSPS) is 31.4. The van der Waals surface area contributed by atoms with Gasteiger partial charge in [-0.15, -0.1) is 0 Å². The van der Waals surface area contributed by atoms with Crippen molar-refractivity contribution < 1.29 is 5.11 Å². The number of halogens is 1. The minimum Gasteiger partial charge on any atom is -0.392 e. The molecular formula is C17H24BrNO. The van der Waals surface area contributed by atoms with Gasteiger partial charge in [0.15, 0.2) is 0 Å². The fourth-order valence-corrected chi connectivity index (χ4v) is 4.81. The summed E-state index contributed by atoms with van der Waals surface area (Å²) in [6.45, 7) is 0.512. The molecule has 0 aliphatic heterocycles. The third-order valence-corrected chi connectivity index (χ3v) is 5.92. The summed E-state index contributed by atoms with van der Waals surface area (Å²) in [4.78, 5) is 0. The molecule has 3 rings (SSSR count). The topological polar surface area (TPSA) is 46.2 Å². The minimum atomic E-state index is -0.307. The first kappa shape index (κ1) is 14.6. The largest absolute Gasteiger partial charge is 0.392 e. The molecule has 5 unspecified atom stereocenters. The van der Waals surface area contributed by atoms with E-state index in [1.807, 2.05) is 12.1 Å². The van der Waals surface area contributed by atoms with Crippen LogP contribution in [-0.4, -0.2) is 17.8 Å². The van der Waals surface area contributed by atoms with Crippen molar-refractivity contribution in [3.05, 3.63) is 34.3 Å². The zero-order valence-corrected chi connectivity index (χ0v) is 13.4. The highest BCUT2D eigenvalue weighted by Gasteiger charge is 2.40. The Morgan fingerprint density at radius 3 is 2.75 bits per heavy atom. The molecule has 0 aromatic heterocycles. The first-order valence-corrected chi connectivity index (χ1v) is 8.60. The molecule has 0 spiro atoms. The predicted octanol–water partition coefficient (Wildman–Crippen LogP) is 3.68. The molecule has 3 N–H and O–H groups in total. The molecular weight excluding hydrogens is 314 g/mol. The van der Waals surface area contributed by atoms with Crippen LogP contribution in [0.3, 0.4) is 0 Å². The maximum Gasteiger partial charge on any atom is 0.0623 e. The molecule has 20 heavy (non-hydrogen) atoms. The highest BCUT2D eigenvalue weighted by Crippen LogP contribution is 2.50. The van der Waals surface area contributed by atoms with Gasteiger partial charge >= 0.3 is 0 Å². The third-order valence-electron chi connectivity index (χ3n) is 5.42. The molecule has 1 aromatic carbocycles. The van der Waals surface area contributed by atoms with Gasteiger partial charge in [0, 0.05) is 16.9 Å². The van der Waals surface area contributed by atoms with Crippen LogP contribution in [0.5, 0.6) is 0 Å². The second kappa shape index (κ2) is 6.17. The lowest BCUT2D eigenvalue weighted by atomic mass is 9.80. The minimum absolute atomic E-state index is 0.0617. The summed E-state index contributed by atoms with van der Waals surface area (Å²) in [5, 5.41) is 10.6. The van der Waals surface area contributed by atoms with Crippen molar-refractivity contribution in [2.45, 2.75) is 44.1 Å². The molecule has 2 aliphatic carbocycles. The number of hydrogen-bond acceptors (Lipinski definition) is 2. The number of aliphatic hydroxyl groups is 1. The quantitative estimate of drug-likeness (QED) is 0.860. The molecule has 5 atom stereocenters. The molecule has 2 fully saturated rings. The predicted molar refractivity (Wildman–Crippen MR) is 85.5 cm³/mol. The Labute approximate surface area is 129 Å². The second-order valence-corrected chi connectivity index (χ2v) is 7.55. The lowest BCUT2D eigenvalue weighted by Crippen LogP contribution is -2.29. The second-order valence-electron chi connectivity index (χ2n) is 6.64. The maximum atomic E-state index is 10.6. The monoisotopic (exact) mass is 337 g/mol. The molecule has 0 heterocycles. The summed E-state index contributed by atoms with van der Waals surface area (Å²) in [7, 11) is 0. The van der Waals surface area contributed by atoms with Gasteiger partial charge in [0.1, 0.15) is 0 Å². The van der Waals surface area contributed by atoms with E-state index in [1.54, 1.807) is 0 Å². The Bertz CT molecular complexity index is 464. The molecule has 0 saturated heterocycles. The molecule has 110 valence electrons. The van der Waals surface area contributed by atoms with Gasteiger partial charge in [0.25, 0.3) is 0 Å².